The number of hydrogen-bond acceptors (Lipinski definition) is 6. The van der Waals surface area contributed by atoms with Crippen molar-refractivity contribution in [2.75, 3.05) is 13.2 Å². The van der Waals surface area contributed by atoms with Crippen LogP contribution in [0.15, 0.2) is 38.4 Å². The van der Waals surface area contributed by atoms with E-state index in [0.29, 0.717) is 31.2 Å². The minimum absolute atomic E-state index is 0.0247. The smallest absolute Gasteiger partial charge is 0.265 e. The van der Waals surface area contributed by atoms with Crippen molar-refractivity contribution in [1.82, 2.24) is 14.5 Å². The number of carbonyl (C=O) groups is 1. The fourth-order valence-corrected chi connectivity index (χ4v) is 3.45. The summed E-state index contributed by atoms with van der Waals surface area (Å²) in [7, 11) is 1.60. The molecule has 1 aliphatic rings. The van der Waals surface area contributed by atoms with Crippen LogP contribution >= 0.6 is 0 Å². The van der Waals surface area contributed by atoms with Crippen LogP contribution in [-0.4, -0.2) is 39.6 Å². The van der Waals surface area contributed by atoms with Gasteiger partial charge in [-0.3, -0.25) is 9.59 Å². The second kappa shape index (κ2) is 7.03. The van der Waals surface area contributed by atoms with E-state index < -0.39 is 0 Å². The maximum absolute atomic E-state index is 13.4. The Morgan fingerprint density at radius 1 is 1.44 bits per heavy atom. The largest absolute Gasteiger partial charge is 0.467 e. The molecule has 142 valence electrons. The summed E-state index contributed by atoms with van der Waals surface area (Å²) >= 11 is 0. The van der Waals surface area contributed by atoms with E-state index in [2.05, 4.69) is 4.98 Å². The van der Waals surface area contributed by atoms with Crippen LogP contribution in [0, 0.1) is 6.92 Å². The summed E-state index contributed by atoms with van der Waals surface area (Å²) in [5, 5.41) is 0.208. The third-order valence-electron chi connectivity index (χ3n) is 4.82. The van der Waals surface area contributed by atoms with E-state index in [1.807, 2.05) is 6.07 Å². The Morgan fingerprint density at radius 3 is 3.00 bits per heavy atom. The fourth-order valence-electron chi connectivity index (χ4n) is 3.45. The van der Waals surface area contributed by atoms with E-state index in [4.69, 9.17) is 13.6 Å². The van der Waals surface area contributed by atoms with Crippen LogP contribution in [-0.2, 0) is 18.3 Å². The monoisotopic (exact) mass is 371 g/mol. The van der Waals surface area contributed by atoms with Gasteiger partial charge in [-0.1, -0.05) is 0 Å². The first kappa shape index (κ1) is 17.5. The molecule has 1 aliphatic heterocycles. The van der Waals surface area contributed by atoms with Crippen molar-refractivity contribution in [1.29, 1.82) is 0 Å². The van der Waals surface area contributed by atoms with Crippen molar-refractivity contribution in [3.8, 4) is 0 Å². The predicted molar refractivity (Wildman–Crippen MR) is 96.4 cm³/mol. The highest BCUT2D eigenvalue weighted by Gasteiger charge is 2.29. The fraction of sp³-hybridized carbons (Fsp3) is 0.421. The van der Waals surface area contributed by atoms with Crippen LogP contribution < -0.4 is 5.56 Å². The average molecular weight is 371 g/mol. The summed E-state index contributed by atoms with van der Waals surface area (Å²) in [6.45, 7) is 3.09. The minimum Gasteiger partial charge on any atom is -0.467 e. The lowest BCUT2D eigenvalue weighted by atomic mass is 10.1. The van der Waals surface area contributed by atoms with Crippen LogP contribution in [0.5, 0.6) is 0 Å². The van der Waals surface area contributed by atoms with Gasteiger partial charge in [0.05, 0.1) is 24.5 Å². The Morgan fingerprint density at radius 2 is 2.30 bits per heavy atom. The van der Waals surface area contributed by atoms with Gasteiger partial charge in [0.1, 0.15) is 23.2 Å². The minimum atomic E-state index is -0.310. The summed E-state index contributed by atoms with van der Waals surface area (Å²) in [5.74, 6) is 0.753. The number of ether oxygens (including phenoxy) is 1. The Kier molecular flexibility index (Phi) is 4.57. The average Bonchev–Trinajstić information content (AvgIpc) is 3.38. The molecule has 1 saturated heterocycles. The van der Waals surface area contributed by atoms with Crippen molar-refractivity contribution in [3.05, 3.63) is 52.2 Å². The molecule has 0 N–H and O–H groups in total. The molecule has 4 rings (SSSR count). The normalized spacial score (nSPS) is 16.9. The zero-order valence-corrected chi connectivity index (χ0v) is 15.3. The summed E-state index contributed by atoms with van der Waals surface area (Å²) in [5.41, 5.74) is 0.118. The van der Waals surface area contributed by atoms with E-state index >= 15 is 0 Å². The molecule has 27 heavy (non-hydrogen) atoms. The summed E-state index contributed by atoms with van der Waals surface area (Å²) in [6, 6.07) is 3.60. The van der Waals surface area contributed by atoms with Gasteiger partial charge < -0.3 is 23.0 Å². The molecule has 0 saturated carbocycles. The van der Waals surface area contributed by atoms with E-state index in [1.54, 1.807) is 31.2 Å². The van der Waals surface area contributed by atoms with Crippen LogP contribution in [0.2, 0.25) is 0 Å². The first-order chi connectivity index (χ1) is 13.0. The summed E-state index contributed by atoms with van der Waals surface area (Å²) in [6.07, 6.45) is 4.81. The molecule has 3 aromatic heterocycles. The molecule has 1 atom stereocenters. The highest BCUT2D eigenvalue weighted by Crippen LogP contribution is 2.24. The van der Waals surface area contributed by atoms with Crippen molar-refractivity contribution < 1.29 is 18.4 Å². The number of nitrogens with zero attached hydrogens (tertiary/aromatic N) is 3. The number of hydrogen-bond donors (Lipinski definition) is 0. The highest BCUT2D eigenvalue weighted by molar-refractivity contribution is 6.06. The van der Waals surface area contributed by atoms with Gasteiger partial charge >= 0.3 is 0 Å². The quantitative estimate of drug-likeness (QED) is 0.683. The third-order valence-corrected chi connectivity index (χ3v) is 4.82. The maximum Gasteiger partial charge on any atom is 0.265 e. The third kappa shape index (κ3) is 3.28. The molecule has 0 bridgehead atoms. The Labute approximate surface area is 155 Å². The number of rotatable bonds is 5. The van der Waals surface area contributed by atoms with E-state index in [-0.39, 0.29) is 34.2 Å². The van der Waals surface area contributed by atoms with Gasteiger partial charge in [0, 0.05) is 20.2 Å². The lowest BCUT2D eigenvalue weighted by molar-refractivity contribution is 0.0491. The molecule has 3 aromatic rings. The lowest BCUT2D eigenvalue weighted by Gasteiger charge is -2.24. The standard InChI is InChI=1S/C19H21N3O5/c1-12-15(16-17(27-12)20-11-21(2)18(16)23)19(24)22(9-13-5-3-7-25-13)10-14-6-4-8-26-14/h3,5,7,11,14H,4,6,8-10H2,1-2H3/t14-/m0/s1. The number of furan rings is 2. The van der Waals surface area contributed by atoms with Gasteiger partial charge in [-0.25, -0.2) is 4.98 Å². The lowest BCUT2D eigenvalue weighted by Crippen LogP contribution is -2.37. The zero-order valence-electron chi connectivity index (χ0n) is 15.3. The number of amides is 1. The maximum atomic E-state index is 13.4. The number of aromatic nitrogens is 2. The van der Waals surface area contributed by atoms with Crippen LogP contribution in [0.1, 0.15) is 34.7 Å². The van der Waals surface area contributed by atoms with E-state index in [0.717, 1.165) is 12.8 Å². The van der Waals surface area contributed by atoms with Crippen molar-refractivity contribution >= 4 is 17.0 Å². The Bertz CT molecular complexity index is 1010. The molecule has 0 aliphatic carbocycles. The predicted octanol–water partition coefficient (Wildman–Crippen LogP) is 2.25. The number of fused-ring (bicyclic) bond motifs is 1. The van der Waals surface area contributed by atoms with Crippen LogP contribution in [0.4, 0.5) is 0 Å². The molecule has 0 aromatic carbocycles. The second-order valence-electron chi connectivity index (χ2n) is 6.77. The van der Waals surface area contributed by atoms with Gasteiger partial charge in [-0.15, -0.1) is 0 Å². The Balaban J connectivity index is 1.74. The topological polar surface area (TPSA) is 90.7 Å². The zero-order chi connectivity index (χ0) is 19.0. The van der Waals surface area contributed by atoms with Gasteiger partial charge in [-0.05, 0) is 31.9 Å². The van der Waals surface area contributed by atoms with Gasteiger partial charge in [0.25, 0.3) is 11.5 Å². The first-order valence-electron chi connectivity index (χ1n) is 8.92. The molecular weight excluding hydrogens is 350 g/mol. The number of aryl methyl sites for hydroxylation is 2. The molecule has 8 nitrogen and oxygen atoms in total. The van der Waals surface area contributed by atoms with Crippen molar-refractivity contribution in [2.24, 2.45) is 7.05 Å². The molecule has 1 fully saturated rings. The molecule has 0 unspecified atom stereocenters. The number of carbonyl (C=O) groups excluding carboxylic acids is 1. The molecule has 0 radical (unpaired) electrons. The molecule has 1 amide bonds. The van der Waals surface area contributed by atoms with Gasteiger partial charge in [0.2, 0.25) is 5.71 Å². The summed E-state index contributed by atoms with van der Waals surface area (Å²) in [4.78, 5) is 31.8. The highest BCUT2D eigenvalue weighted by atomic mass is 16.5. The van der Waals surface area contributed by atoms with Crippen LogP contribution in [0.25, 0.3) is 11.1 Å². The SMILES string of the molecule is Cc1oc2ncn(C)c(=O)c2c1C(=O)N(Cc1ccco1)C[C@@H]1CCCO1. The first-order valence-corrected chi connectivity index (χ1v) is 8.92. The Hall–Kier alpha value is -2.87. The van der Waals surface area contributed by atoms with Crippen molar-refractivity contribution in [3.63, 3.8) is 0 Å². The van der Waals surface area contributed by atoms with E-state index in [1.165, 1.54) is 10.9 Å². The molecule has 8 heteroatoms. The van der Waals surface area contributed by atoms with Crippen molar-refractivity contribution in [2.45, 2.75) is 32.4 Å². The van der Waals surface area contributed by atoms with Crippen LogP contribution in [0.3, 0.4) is 0 Å². The molecular formula is C19H21N3O5. The second-order valence-corrected chi connectivity index (χ2v) is 6.77. The van der Waals surface area contributed by atoms with Gasteiger partial charge in [0.15, 0.2) is 0 Å². The molecule has 4 heterocycles. The summed E-state index contributed by atoms with van der Waals surface area (Å²) < 4.78 is 18.0. The van der Waals surface area contributed by atoms with E-state index in [9.17, 15) is 9.59 Å². The molecule has 0 spiro atoms. The van der Waals surface area contributed by atoms with Gasteiger partial charge in [-0.2, -0.15) is 0 Å².